The molecule has 0 spiro atoms. The number of carboxylic acid groups (broad SMARTS) is 1. The summed E-state index contributed by atoms with van der Waals surface area (Å²) in [4.78, 5) is 33.2. The number of aromatic nitrogens is 6. The van der Waals surface area contributed by atoms with Gasteiger partial charge in [0.05, 0.1) is 30.9 Å². The van der Waals surface area contributed by atoms with Crippen molar-refractivity contribution in [1.82, 2.24) is 29.5 Å². The molecule has 18 heteroatoms. The second kappa shape index (κ2) is 13.3. The molecular formula is C29H28F6N8O4. The van der Waals surface area contributed by atoms with Gasteiger partial charge >= 0.3 is 11.9 Å². The van der Waals surface area contributed by atoms with E-state index in [9.17, 15) is 35.9 Å². The first-order valence-electron chi connectivity index (χ1n) is 14.3. The number of alkyl halides is 4. The molecule has 0 bridgehead atoms. The average Bonchev–Trinajstić information content (AvgIpc) is 3.73. The van der Waals surface area contributed by atoms with Crippen molar-refractivity contribution < 1.29 is 45.8 Å². The number of rotatable bonds is 6. The summed E-state index contributed by atoms with van der Waals surface area (Å²) < 4.78 is 88.2. The number of carboxylic acids is 1. The number of carbonyl (C=O) groups is 2. The Morgan fingerprint density at radius 3 is 1.51 bits per heavy atom. The number of anilines is 2. The van der Waals surface area contributed by atoms with Crippen molar-refractivity contribution in [2.24, 2.45) is 0 Å². The van der Waals surface area contributed by atoms with Gasteiger partial charge in [-0.2, -0.15) is 10.2 Å². The van der Waals surface area contributed by atoms with Crippen LogP contribution in [0.3, 0.4) is 0 Å². The second-order valence-electron chi connectivity index (χ2n) is 10.8. The molecule has 0 aromatic carbocycles. The van der Waals surface area contributed by atoms with Gasteiger partial charge in [-0.15, -0.1) is 0 Å². The fraction of sp³-hybridized carbons (Fsp3) is 0.379. The minimum absolute atomic E-state index is 0.00913. The van der Waals surface area contributed by atoms with E-state index in [1.807, 2.05) is 0 Å². The highest BCUT2D eigenvalue weighted by molar-refractivity contribution is 5.87. The highest BCUT2D eigenvalue weighted by atomic mass is 19.3. The molecule has 0 atom stereocenters. The van der Waals surface area contributed by atoms with Crippen LogP contribution in [0.25, 0.3) is 11.4 Å². The molecule has 6 rings (SSSR count). The third-order valence-corrected chi connectivity index (χ3v) is 7.52. The van der Waals surface area contributed by atoms with Crippen molar-refractivity contribution in [3.63, 3.8) is 0 Å². The van der Waals surface area contributed by atoms with Crippen molar-refractivity contribution in [3.8, 4) is 11.4 Å². The Morgan fingerprint density at radius 1 is 0.745 bits per heavy atom. The fourth-order valence-corrected chi connectivity index (χ4v) is 4.91. The van der Waals surface area contributed by atoms with Crippen LogP contribution in [0, 0.1) is 11.6 Å². The van der Waals surface area contributed by atoms with E-state index in [2.05, 4.69) is 24.9 Å². The summed E-state index contributed by atoms with van der Waals surface area (Å²) in [5.74, 6) is -8.46. The molecular weight excluding hydrogens is 638 g/mol. The normalized spacial score (nSPS) is 17.1. The standard InChI is InChI=1S/C15H15F3N4O2.C14H13F3N4O2/c1-24-14(23)12-2-5-22(20-12)10-8-11(16)13(19-9-10)21-6-3-15(17,18)4-7-21;15-10-7-9(21-4-1-11(19-21)13(22)23)8-18-12(10)20-5-2-14(16,17)3-6-20/h2,5,8-9H,3-4,6-7H2,1H3;1,4,7-8H,2-3,5-6H2,(H,22,23). The maximum atomic E-state index is 14.3. The van der Waals surface area contributed by atoms with Crippen LogP contribution in [0.5, 0.6) is 0 Å². The third kappa shape index (κ3) is 7.81. The Morgan fingerprint density at radius 2 is 1.15 bits per heavy atom. The predicted octanol–water partition coefficient (Wildman–Crippen LogP) is 4.77. The van der Waals surface area contributed by atoms with Gasteiger partial charge in [0.15, 0.2) is 34.7 Å². The van der Waals surface area contributed by atoms with Gasteiger partial charge in [-0.3, -0.25) is 0 Å². The number of esters is 1. The summed E-state index contributed by atoms with van der Waals surface area (Å²) in [5.41, 5.74) is 0.475. The lowest BCUT2D eigenvalue weighted by molar-refractivity contribution is -0.0228. The first-order chi connectivity index (χ1) is 22.2. The third-order valence-electron chi connectivity index (χ3n) is 7.52. The second-order valence-corrected chi connectivity index (χ2v) is 10.8. The molecule has 1 N–H and O–H groups in total. The van der Waals surface area contributed by atoms with Gasteiger partial charge in [0.2, 0.25) is 0 Å². The van der Waals surface area contributed by atoms with Crippen molar-refractivity contribution in [2.75, 3.05) is 43.1 Å². The lowest BCUT2D eigenvalue weighted by Crippen LogP contribution is -2.40. The topological polar surface area (TPSA) is 132 Å². The molecule has 2 aliphatic heterocycles. The van der Waals surface area contributed by atoms with Crippen LogP contribution in [-0.2, 0) is 4.74 Å². The molecule has 4 aromatic rings. The molecule has 0 saturated carbocycles. The van der Waals surface area contributed by atoms with Crippen LogP contribution in [0.2, 0.25) is 0 Å². The zero-order valence-corrected chi connectivity index (χ0v) is 24.8. The summed E-state index contributed by atoms with van der Waals surface area (Å²) in [5, 5.41) is 16.6. The van der Waals surface area contributed by atoms with Crippen LogP contribution < -0.4 is 9.80 Å². The molecule has 2 saturated heterocycles. The number of aromatic carboxylic acids is 1. The fourth-order valence-electron chi connectivity index (χ4n) is 4.91. The van der Waals surface area contributed by atoms with E-state index in [4.69, 9.17) is 5.11 Å². The van der Waals surface area contributed by atoms with E-state index in [0.29, 0.717) is 5.69 Å². The predicted molar refractivity (Wildman–Crippen MR) is 154 cm³/mol. The van der Waals surface area contributed by atoms with E-state index >= 15 is 0 Å². The molecule has 12 nitrogen and oxygen atoms in total. The summed E-state index contributed by atoms with van der Waals surface area (Å²) in [7, 11) is 1.24. The van der Waals surface area contributed by atoms with Crippen LogP contribution in [0.4, 0.5) is 38.0 Å². The summed E-state index contributed by atoms with van der Waals surface area (Å²) >= 11 is 0. The highest BCUT2D eigenvalue weighted by Gasteiger charge is 2.36. The Balaban J connectivity index is 0.000000185. The molecule has 2 fully saturated rings. The molecule has 0 aliphatic carbocycles. The minimum atomic E-state index is -2.71. The van der Waals surface area contributed by atoms with E-state index < -0.39 is 35.4 Å². The van der Waals surface area contributed by atoms with Crippen molar-refractivity contribution >= 4 is 23.6 Å². The molecule has 0 unspecified atom stereocenters. The number of pyridine rings is 2. The number of halogens is 6. The lowest BCUT2D eigenvalue weighted by Gasteiger charge is -2.32. The number of ether oxygens (including phenoxy) is 1. The number of methoxy groups -OCH3 is 1. The smallest absolute Gasteiger partial charge is 0.358 e. The van der Waals surface area contributed by atoms with Gasteiger partial charge in [-0.05, 0) is 12.1 Å². The van der Waals surface area contributed by atoms with Crippen LogP contribution in [0.15, 0.2) is 49.1 Å². The zero-order chi connectivity index (χ0) is 33.9. The van der Waals surface area contributed by atoms with E-state index in [0.717, 1.165) is 6.07 Å². The molecule has 0 radical (unpaired) electrons. The van der Waals surface area contributed by atoms with Crippen LogP contribution in [0.1, 0.15) is 46.7 Å². The Kier molecular flexibility index (Phi) is 9.39. The summed E-state index contributed by atoms with van der Waals surface area (Å²) in [6.07, 6.45) is 4.23. The monoisotopic (exact) mass is 666 g/mol. The Hall–Kier alpha value is -5.16. The van der Waals surface area contributed by atoms with E-state index in [1.165, 1.54) is 69.3 Å². The van der Waals surface area contributed by atoms with Crippen molar-refractivity contribution in [2.45, 2.75) is 37.5 Å². The van der Waals surface area contributed by atoms with Gasteiger partial charge in [-0.1, -0.05) is 0 Å². The molecule has 47 heavy (non-hydrogen) atoms. The van der Waals surface area contributed by atoms with E-state index in [-0.39, 0.29) is 80.6 Å². The SMILES string of the molecule is COC(=O)c1ccn(-c2cnc(N3CCC(F)(F)CC3)c(F)c2)n1.O=C(O)c1ccn(-c2cnc(N3CCC(F)(F)CC3)c(F)c2)n1. The molecule has 6 heterocycles. The quantitative estimate of drug-likeness (QED) is 0.227. The minimum Gasteiger partial charge on any atom is -0.476 e. The van der Waals surface area contributed by atoms with Crippen LogP contribution >= 0.6 is 0 Å². The lowest BCUT2D eigenvalue weighted by atomic mass is 10.1. The first-order valence-corrected chi connectivity index (χ1v) is 14.3. The highest BCUT2D eigenvalue weighted by Crippen LogP contribution is 2.32. The largest absolute Gasteiger partial charge is 0.476 e. The van der Waals surface area contributed by atoms with Gasteiger partial charge in [0.1, 0.15) is 0 Å². The zero-order valence-electron chi connectivity index (χ0n) is 24.8. The molecule has 4 aromatic heterocycles. The van der Waals surface area contributed by atoms with Gasteiger partial charge in [0.25, 0.3) is 11.8 Å². The van der Waals surface area contributed by atoms with Crippen LogP contribution in [-0.4, -0.2) is 91.7 Å². The maximum Gasteiger partial charge on any atom is 0.358 e. The Bertz CT molecular complexity index is 1740. The number of nitrogens with zero attached hydrogens (tertiary/aromatic N) is 8. The number of carbonyl (C=O) groups excluding carboxylic acids is 1. The summed E-state index contributed by atoms with van der Waals surface area (Å²) in [6, 6.07) is 5.06. The molecule has 2 aliphatic rings. The van der Waals surface area contributed by atoms with Crippen molar-refractivity contribution in [3.05, 3.63) is 72.1 Å². The molecule has 250 valence electrons. The Labute approximate surface area is 263 Å². The average molecular weight is 667 g/mol. The van der Waals surface area contributed by atoms with E-state index in [1.54, 1.807) is 0 Å². The number of piperidine rings is 2. The number of hydrogen-bond acceptors (Lipinski definition) is 9. The van der Waals surface area contributed by atoms with Gasteiger partial charge < -0.3 is 19.6 Å². The number of hydrogen-bond donors (Lipinski definition) is 1. The van der Waals surface area contributed by atoms with Gasteiger partial charge in [-0.25, -0.2) is 55.3 Å². The molecule has 0 amide bonds. The first kappa shape index (κ1) is 33.2. The maximum absolute atomic E-state index is 14.3. The van der Waals surface area contributed by atoms with Crippen molar-refractivity contribution in [1.29, 1.82) is 0 Å². The summed E-state index contributed by atoms with van der Waals surface area (Å²) in [6.45, 7) is 0.150. The van der Waals surface area contributed by atoms with Gasteiger partial charge in [0, 0.05) is 76.4 Å².